The van der Waals surface area contributed by atoms with Gasteiger partial charge in [0.2, 0.25) is 0 Å². The summed E-state index contributed by atoms with van der Waals surface area (Å²) in [7, 11) is 0. The zero-order valence-electron chi connectivity index (χ0n) is 6.04. The highest BCUT2D eigenvalue weighted by molar-refractivity contribution is 14.1. The van der Waals surface area contributed by atoms with Crippen molar-refractivity contribution in [3.05, 3.63) is 42.2 Å². The highest BCUT2D eigenvalue weighted by atomic mass is 127. The lowest BCUT2D eigenvalue weighted by atomic mass is 10.2. The van der Waals surface area contributed by atoms with E-state index in [-0.39, 0.29) is 0 Å². The highest BCUT2D eigenvalue weighted by Crippen LogP contribution is 2.20. The van der Waals surface area contributed by atoms with Crippen molar-refractivity contribution in [1.82, 2.24) is 0 Å². The predicted molar refractivity (Wildman–Crippen MR) is 59.7 cm³/mol. The van der Waals surface area contributed by atoms with E-state index in [0.717, 1.165) is 13.6 Å². The molecule has 0 fully saturated rings. The molecule has 0 bridgehead atoms. The van der Waals surface area contributed by atoms with Crippen LogP contribution in [-0.4, -0.2) is 0 Å². The van der Waals surface area contributed by atoms with E-state index in [9.17, 15) is 0 Å². The van der Waals surface area contributed by atoms with Crippen molar-refractivity contribution in [1.29, 1.82) is 0 Å². The van der Waals surface area contributed by atoms with Crippen molar-refractivity contribution >= 4 is 38.5 Å². The lowest BCUT2D eigenvalue weighted by molar-refractivity contribution is 1.04. The Hall–Kier alpha value is -0.260. The van der Waals surface area contributed by atoms with Crippen molar-refractivity contribution in [2.24, 2.45) is 5.11 Å². The first kappa shape index (κ1) is 9.83. The molecule has 0 aliphatic rings. The number of azide groups is 1. The van der Waals surface area contributed by atoms with E-state index in [2.05, 4.69) is 48.5 Å². The normalized spacial score (nSPS) is 9.17. The fourth-order valence-electron chi connectivity index (χ4n) is 0.772. The fraction of sp³-hybridized carbons (Fsp3) is 0.143. The van der Waals surface area contributed by atoms with Gasteiger partial charge in [0.15, 0.2) is 0 Å². The summed E-state index contributed by atoms with van der Waals surface area (Å²) in [5.74, 6) is 0. The Kier molecular flexibility index (Phi) is 3.84. The molecule has 0 aliphatic heterocycles. The zero-order valence-corrected chi connectivity index (χ0v) is 9.78. The third-order valence-corrected chi connectivity index (χ3v) is 2.76. The third-order valence-electron chi connectivity index (χ3n) is 1.31. The molecule has 3 nitrogen and oxygen atoms in total. The van der Waals surface area contributed by atoms with Gasteiger partial charge in [0.05, 0.1) is 6.54 Å². The lowest BCUT2D eigenvalue weighted by Gasteiger charge is -1.99. The number of benzene rings is 1. The van der Waals surface area contributed by atoms with Crippen LogP contribution in [0.25, 0.3) is 10.4 Å². The van der Waals surface area contributed by atoms with Crippen molar-refractivity contribution in [3.63, 3.8) is 0 Å². The highest BCUT2D eigenvalue weighted by Gasteiger charge is 1.97. The lowest BCUT2D eigenvalue weighted by Crippen LogP contribution is -1.83. The average Bonchev–Trinajstić information content (AvgIpc) is 2.07. The molecule has 0 unspecified atom stereocenters. The molecule has 0 aromatic heterocycles. The van der Waals surface area contributed by atoms with Crippen molar-refractivity contribution in [2.45, 2.75) is 6.54 Å². The van der Waals surface area contributed by atoms with Crippen LogP contribution in [0.4, 0.5) is 0 Å². The first-order valence-corrected chi connectivity index (χ1v) is 5.06. The summed E-state index contributed by atoms with van der Waals surface area (Å²) < 4.78 is 2.12. The smallest absolute Gasteiger partial charge is 0.0522 e. The van der Waals surface area contributed by atoms with Gasteiger partial charge in [-0.2, -0.15) is 0 Å². The number of hydrogen-bond donors (Lipinski definition) is 0. The Bertz CT molecular complexity index is 333. The minimum Gasteiger partial charge on any atom is -0.0892 e. The number of halogens is 2. The van der Waals surface area contributed by atoms with E-state index in [1.165, 1.54) is 0 Å². The monoisotopic (exact) mass is 337 g/mol. The van der Waals surface area contributed by atoms with Crippen molar-refractivity contribution < 1.29 is 0 Å². The topological polar surface area (TPSA) is 48.8 Å². The minimum atomic E-state index is 0.397. The van der Waals surface area contributed by atoms with E-state index in [1.54, 1.807) is 0 Å². The van der Waals surface area contributed by atoms with Crippen LogP contribution in [0.5, 0.6) is 0 Å². The molecule has 0 amide bonds. The average molecular weight is 338 g/mol. The van der Waals surface area contributed by atoms with Gasteiger partial charge in [-0.1, -0.05) is 21.0 Å². The first-order chi connectivity index (χ1) is 5.74. The van der Waals surface area contributed by atoms with Crippen LogP contribution in [0.15, 0.2) is 27.8 Å². The first-order valence-electron chi connectivity index (χ1n) is 3.19. The second kappa shape index (κ2) is 4.69. The van der Waals surface area contributed by atoms with Gasteiger partial charge in [0.25, 0.3) is 0 Å². The molecule has 62 valence electrons. The molecule has 0 heterocycles. The minimum absolute atomic E-state index is 0.397. The zero-order chi connectivity index (χ0) is 8.97. The second-order valence-electron chi connectivity index (χ2n) is 2.12. The third kappa shape index (κ3) is 2.66. The molecule has 0 N–H and O–H groups in total. The molecule has 1 aromatic rings. The fourth-order valence-corrected chi connectivity index (χ4v) is 1.70. The molecule has 1 aromatic carbocycles. The van der Waals surface area contributed by atoms with Gasteiger partial charge in [0, 0.05) is 13.0 Å². The van der Waals surface area contributed by atoms with E-state index >= 15 is 0 Å². The van der Waals surface area contributed by atoms with Crippen LogP contribution >= 0.6 is 38.5 Å². The Morgan fingerprint density at radius 1 is 1.58 bits per heavy atom. The molecule has 0 saturated carbocycles. The van der Waals surface area contributed by atoms with Gasteiger partial charge < -0.3 is 0 Å². The Balaban J connectivity index is 2.96. The van der Waals surface area contributed by atoms with Crippen LogP contribution < -0.4 is 0 Å². The van der Waals surface area contributed by atoms with Crippen LogP contribution in [0, 0.1) is 3.57 Å². The molecule has 0 radical (unpaired) electrons. The van der Waals surface area contributed by atoms with Crippen LogP contribution in [-0.2, 0) is 6.54 Å². The quantitative estimate of drug-likeness (QED) is 0.340. The van der Waals surface area contributed by atoms with Gasteiger partial charge in [0.1, 0.15) is 0 Å². The summed E-state index contributed by atoms with van der Waals surface area (Å²) in [6.45, 7) is 0.397. The summed E-state index contributed by atoms with van der Waals surface area (Å²) >= 11 is 5.59. The van der Waals surface area contributed by atoms with E-state index in [1.807, 2.05) is 18.2 Å². The summed E-state index contributed by atoms with van der Waals surface area (Å²) in [4.78, 5) is 2.70. The van der Waals surface area contributed by atoms with Gasteiger partial charge in [-0.15, -0.1) is 0 Å². The summed E-state index contributed by atoms with van der Waals surface area (Å²) in [6, 6.07) is 5.92. The summed E-state index contributed by atoms with van der Waals surface area (Å²) in [5, 5.41) is 3.49. The number of rotatable bonds is 2. The number of nitrogens with zero attached hydrogens (tertiary/aromatic N) is 3. The molecule has 0 spiro atoms. The van der Waals surface area contributed by atoms with Gasteiger partial charge in [-0.05, 0) is 51.9 Å². The van der Waals surface area contributed by atoms with Crippen LogP contribution in [0.2, 0.25) is 0 Å². The molecule has 1 rings (SSSR count). The van der Waals surface area contributed by atoms with Crippen LogP contribution in [0.3, 0.4) is 0 Å². The maximum absolute atomic E-state index is 8.13. The van der Waals surface area contributed by atoms with Crippen molar-refractivity contribution in [3.8, 4) is 0 Å². The predicted octanol–water partition coefficient (Wildman–Crippen LogP) is 3.86. The molecule has 0 saturated heterocycles. The SMILES string of the molecule is [N-]=[N+]=NCc1cc(I)ccc1Br. The maximum atomic E-state index is 8.13. The maximum Gasteiger partial charge on any atom is 0.0522 e. The van der Waals surface area contributed by atoms with Gasteiger partial charge in [-0.25, -0.2) is 0 Å². The summed E-state index contributed by atoms with van der Waals surface area (Å²) in [6.07, 6.45) is 0. The Morgan fingerprint density at radius 3 is 3.00 bits per heavy atom. The molecule has 12 heavy (non-hydrogen) atoms. The Labute approximate surface area is 92.1 Å². The van der Waals surface area contributed by atoms with Crippen LogP contribution in [0.1, 0.15) is 5.56 Å². The molecule has 5 heteroatoms. The second-order valence-corrected chi connectivity index (χ2v) is 4.22. The van der Waals surface area contributed by atoms with Gasteiger partial charge >= 0.3 is 0 Å². The molecule has 0 atom stereocenters. The standard InChI is InChI=1S/C7H5BrIN3/c8-7-2-1-6(9)3-5(7)4-11-12-10/h1-3H,4H2. The van der Waals surface area contributed by atoms with E-state index in [0.29, 0.717) is 6.54 Å². The van der Waals surface area contributed by atoms with E-state index in [4.69, 9.17) is 5.53 Å². The molecule has 0 aliphatic carbocycles. The number of hydrogen-bond acceptors (Lipinski definition) is 1. The van der Waals surface area contributed by atoms with Gasteiger partial charge in [-0.3, -0.25) is 0 Å². The molecular formula is C7H5BrIN3. The van der Waals surface area contributed by atoms with Crippen molar-refractivity contribution in [2.75, 3.05) is 0 Å². The largest absolute Gasteiger partial charge is 0.0892 e. The molecular weight excluding hydrogens is 333 g/mol. The van der Waals surface area contributed by atoms with E-state index < -0.39 is 0 Å². The summed E-state index contributed by atoms with van der Waals surface area (Å²) in [5.41, 5.74) is 9.14. The Morgan fingerprint density at radius 2 is 2.33 bits per heavy atom.